The van der Waals surface area contributed by atoms with E-state index in [-0.39, 0.29) is 11.9 Å². The molecule has 1 aliphatic rings. The van der Waals surface area contributed by atoms with Crippen LogP contribution in [0.15, 0.2) is 36.4 Å². The number of carbonyl (C=O) groups excluding carboxylic acids is 1. The van der Waals surface area contributed by atoms with Crippen LogP contribution in [0.4, 0.5) is 0 Å². The molecule has 29 heavy (non-hydrogen) atoms. The van der Waals surface area contributed by atoms with Crippen molar-refractivity contribution in [2.24, 2.45) is 0 Å². The van der Waals surface area contributed by atoms with Crippen molar-refractivity contribution in [1.29, 1.82) is 0 Å². The summed E-state index contributed by atoms with van der Waals surface area (Å²) in [5.41, 5.74) is 3.01. The number of benzene rings is 2. The van der Waals surface area contributed by atoms with Crippen molar-refractivity contribution >= 4 is 5.91 Å². The van der Waals surface area contributed by atoms with Crippen molar-refractivity contribution in [2.45, 2.75) is 46.6 Å². The third-order valence-corrected chi connectivity index (χ3v) is 5.22. The fourth-order valence-corrected chi connectivity index (χ4v) is 3.97. The molecule has 3 rings (SSSR count). The first-order valence-corrected chi connectivity index (χ1v) is 10.5. The number of likely N-dealkylation sites (tertiary alicyclic amines) is 1. The molecule has 156 valence electrons. The number of aryl methyl sites for hydroxylation is 1. The Morgan fingerprint density at radius 1 is 1.00 bits per heavy atom. The van der Waals surface area contributed by atoms with Crippen molar-refractivity contribution in [1.82, 2.24) is 4.90 Å². The number of hydrogen-bond donors (Lipinski definition) is 0. The molecule has 2 aromatic rings. The molecular weight excluding hydrogens is 366 g/mol. The number of ether oxygens (including phenoxy) is 3. The van der Waals surface area contributed by atoms with Crippen LogP contribution in [0.3, 0.4) is 0 Å². The minimum absolute atomic E-state index is 0.000655. The highest BCUT2D eigenvalue weighted by Crippen LogP contribution is 2.41. The van der Waals surface area contributed by atoms with Gasteiger partial charge in [0.1, 0.15) is 0 Å². The lowest BCUT2D eigenvalue weighted by molar-refractivity contribution is 0.0734. The molecule has 0 N–H and O–H groups in total. The predicted octanol–water partition coefficient (Wildman–Crippen LogP) is 5.17. The van der Waals surface area contributed by atoms with E-state index in [0.29, 0.717) is 42.6 Å². The highest BCUT2D eigenvalue weighted by atomic mass is 16.5. The van der Waals surface area contributed by atoms with Gasteiger partial charge in [0.05, 0.1) is 25.9 Å². The summed E-state index contributed by atoms with van der Waals surface area (Å²) in [7, 11) is 0. The Kier molecular flexibility index (Phi) is 7.02. The van der Waals surface area contributed by atoms with Crippen LogP contribution in [-0.2, 0) is 0 Å². The Labute approximate surface area is 173 Å². The molecule has 1 aliphatic heterocycles. The van der Waals surface area contributed by atoms with Gasteiger partial charge in [-0.05, 0) is 63.8 Å². The van der Waals surface area contributed by atoms with Crippen LogP contribution in [0, 0.1) is 6.92 Å². The van der Waals surface area contributed by atoms with Crippen molar-refractivity contribution < 1.29 is 19.0 Å². The van der Waals surface area contributed by atoms with Gasteiger partial charge < -0.3 is 19.1 Å². The maximum atomic E-state index is 13.5. The van der Waals surface area contributed by atoms with Gasteiger partial charge in [0.15, 0.2) is 11.5 Å². The summed E-state index contributed by atoms with van der Waals surface area (Å²) in [5.74, 6) is 1.66. The molecule has 0 aromatic heterocycles. The maximum Gasteiger partial charge on any atom is 0.254 e. The first-order valence-electron chi connectivity index (χ1n) is 10.5. The van der Waals surface area contributed by atoms with Crippen LogP contribution >= 0.6 is 0 Å². The summed E-state index contributed by atoms with van der Waals surface area (Å²) in [6, 6.07) is 12.0. The van der Waals surface area contributed by atoms with E-state index in [1.165, 1.54) is 11.1 Å². The zero-order chi connectivity index (χ0) is 20.8. The summed E-state index contributed by atoms with van der Waals surface area (Å²) < 4.78 is 17.3. The van der Waals surface area contributed by atoms with Gasteiger partial charge in [-0.15, -0.1) is 0 Å². The Balaban J connectivity index is 1.98. The van der Waals surface area contributed by atoms with Gasteiger partial charge in [0.2, 0.25) is 5.75 Å². The molecule has 0 aliphatic carbocycles. The molecule has 1 fully saturated rings. The molecule has 1 unspecified atom stereocenters. The highest BCUT2D eigenvalue weighted by molar-refractivity contribution is 5.96. The molecule has 5 heteroatoms. The zero-order valence-electron chi connectivity index (χ0n) is 17.9. The quantitative estimate of drug-likeness (QED) is 0.617. The van der Waals surface area contributed by atoms with Gasteiger partial charge in [0, 0.05) is 12.1 Å². The van der Waals surface area contributed by atoms with E-state index in [1.807, 2.05) is 37.8 Å². The second kappa shape index (κ2) is 9.68. The van der Waals surface area contributed by atoms with Gasteiger partial charge in [0.25, 0.3) is 5.91 Å². The van der Waals surface area contributed by atoms with E-state index in [9.17, 15) is 4.79 Å². The lowest BCUT2D eigenvalue weighted by Gasteiger charge is -2.27. The summed E-state index contributed by atoms with van der Waals surface area (Å²) in [6.45, 7) is 10.1. The first-order chi connectivity index (χ1) is 14.1. The molecule has 1 amide bonds. The van der Waals surface area contributed by atoms with E-state index in [0.717, 1.165) is 19.4 Å². The molecule has 0 bridgehead atoms. The maximum absolute atomic E-state index is 13.5. The number of nitrogens with zero attached hydrogens (tertiary/aromatic N) is 1. The molecule has 2 aromatic carbocycles. The average molecular weight is 398 g/mol. The Morgan fingerprint density at radius 2 is 1.62 bits per heavy atom. The summed E-state index contributed by atoms with van der Waals surface area (Å²) >= 11 is 0. The molecule has 5 nitrogen and oxygen atoms in total. The lowest BCUT2D eigenvalue weighted by atomic mass is 9.99. The van der Waals surface area contributed by atoms with E-state index in [1.54, 1.807) is 12.1 Å². The van der Waals surface area contributed by atoms with Crippen LogP contribution in [0.2, 0.25) is 0 Å². The number of rotatable bonds is 8. The topological polar surface area (TPSA) is 48.0 Å². The molecule has 0 spiro atoms. The van der Waals surface area contributed by atoms with Gasteiger partial charge in [-0.3, -0.25) is 4.79 Å². The standard InChI is InChI=1S/C24H31NO4/c1-5-27-21-15-18(16-22(28-6-2)23(21)29-7-3)24(26)25-14-10-13-20(25)19-12-9-8-11-17(19)4/h8-9,11-12,15-16,20H,5-7,10,13-14H2,1-4H3. The van der Waals surface area contributed by atoms with E-state index >= 15 is 0 Å². The van der Waals surface area contributed by atoms with Gasteiger partial charge in [-0.1, -0.05) is 24.3 Å². The van der Waals surface area contributed by atoms with E-state index < -0.39 is 0 Å². The molecule has 0 saturated carbocycles. The largest absolute Gasteiger partial charge is 0.490 e. The SMILES string of the molecule is CCOc1cc(C(=O)N2CCCC2c2ccccc2C)cc(OCC)c1OCC. The second-order valence-electron chi connectivity index (χ2n) is 7.11. The zero-order valence-corrected chi connectivity index (χ0v) is 17.9. The van der Waals surface area contributed by atoms with Crippen LogP contribution in [0.1, 0.15) is 61.1 Å². The third-order valence-electron chi connectivity index (χ3n) is 5.22. The number of amides is 1. The van der Waals surface area contributed by atoms with Crippen molar-refractivity contribution in [3.63, 3.8) is 0 Å². The lowest BCUT2D eigenvalue weighted by Crippen LogP contribution is -2.31. The van der Waals surface area contributed by atoms with Crippen molar-refractivity contribution in [3.05, 3.63) is 53.1 Å². The van der Waals surface area contributed by atoms with Gasteiger partial charge >= 0.3 is 0 Å². The number of hydrogen-bond acceptors (Lipinski definition) is 4. The monoisotopic (exact) mass is 397 g/mol. The average Bonchev–Trinajstić information content (AvgIpc) is 3.20. The van der Waals surface area contributed by atoms with E-state index in [4.69, 9.17) is 14.2 Å². The smallest absolute Gasteiger partial charge is 0.254 e. The predicted molar refractivity (Wildman–Crippen MR) is 114 cm³/mol. The third kappa shape index (κ3) is 4.50. The Bertz CT molecular complexity index is 822. The van der Waals surface area contributed by atoms with E-state index in [2.05, 4.69) is 19.1 Å². The van der Waals surface area contributed by atoms with Gasteiger partial charge in [-0.2, -0.15) is 0 Å². The van der Waals surface area contributed by atoms with Crippen molar-refractivity contribution in [2.75, 3.05) is 26.4 Å². The Hall–Kier alpha value is -2.69. The van der Waals surface area contributed by atoms with Crippen LogP contribution in [0.5, 0.6) is 17.2 Å². The van der Waals surface area contributed by atoms with Crippen LogP contribution < -0.4 is 14.2 Å². The van der Waals surface area contributed by atoms with Gasteiger partial charge in [-0.25, -0.2) is 0 Å². The molecular formula is C24H31NO4. The fourth-order valence-electron chi connectivity index (χ4n) is 3.97. The normalized spacial score (nSPS) is 16.0. The fraction of sp³-hybridized carbons (Fsp3) is 0.458. The minimum atomic E-state index is 0.000655. The van der Waals surface area contributed by atoms with Crippen LogP contribution in [0.25, 0.3) is 0 Å². The summed E-state index contributed by atoms with van der Waals surface area (Å²) in [5, 5.41) is 0. The minimum Gasteiger partial charge on any atom is -0.490 e. The summed E-state index contributed by atoms with van der Waals surface area (Å²) in [4.78, 5) is 15.5. The molecule has 1 heterocycles. The number of carbonyl (C=O) groups is 1. The first kappa shape index (κ1) is 21.0. The molecule has 1 atom stereocenters. The second-order valence-corrected chi connectivity index (χ2v) is 7.11. The Morgan fingerprint density at radius 3 is 2.21 bits per heavy atom. The highest BCUT2D eigenvalue weighted by Gasteiger charge is 2.32. The summed E-state index contributed by atoms with van der Waals surface area (Å²) in [6.07, 6.45) is 1.97. The molecule has 1 saturated heterocycles. The molecule has 0 radical (unpaired) electrons. The van der Waals surface area contributed by atoms with Crippen LogP contribution in [-0.4, -0.2) is 37.2 Å². The van der Waals surface area contributed by atoms with Crippen molar-refractivity contribution in [3.8, 4) is 17.2 Å².